The van der Waals surface area contributed by atoms with Crippen molar-refractivity contribution in [2.75, 3.05) is 0 Å². The predicted octanol–water partition coefficient (Wildman–Crippen LogP) is 4.21. The quantitative estimate of drug-likeness (QED) is 0.790. The van der Waals surface area contributed by atoms with Crippen LogP contribution in [0.5, 0.6) is 11.5 Å². The average molecular weight is 358 g/mol. The lowest BCUT2D eigenvalue weighted by molar-refractivity contribution is 0.400. The van der Waals surface area contributed by atoms with E-state index in [1.54, 1.807) is 6.07 Å². The van der Waals surface area contributed by atoms with Crippen molar-refractivity contribution in [1.82, 2.24) is 0 Å². The van der Waals surface area contributed by atoms with Gasteiger partial charge in [0.2, 0.25) is 0 Å². The zero-order chi connectivity index (χ0) is 12.4. The Kier molecular flexibility index (Phi) is 3.74. The highest BCUT2D eigenvalue weighted by Gasteiger charge is 2.13. The van der Waals surface area contributed by atoms with Gasteiger partial charge in [-0.3, -0.25) is 0 Å². The summed E-state index contributed by atoms with van der Waals surface area (Å²) in [6.07, 6.45) is 0.688. The molecule has 0 atom stereocenters. The van der Waals surface area contributed by atoms with Gasteiger partial charge in [0.25, 0.3) is 0 Å². The molecule has 2 aromatic rings. The molecule has 0 amide bonds. The topological polar surface area (TPSA) is 40.5 Å². The Hall–Kier alpha value is -1.00. The highest BCUT2D eigenvalue weighted by Crippen LogP contribution is 2.41. The number of halogens is 2. The summed E-state index contributed by atoms with van der Waals surface area (Å²) in [5, 5.41) is 19.1. The molecule has 0 fully saturated rings. The number of rotatable bonds is 2. The summed E-state index contributed by atoms with van der Waals surface area (Å²) in [6.45, 7) is 0. The molecule has 0 aliphatic carbocycles. The lowest BCUT2D eigenvalue weighted by Gasteiger charge is -2.09. The molecule has 0 aliphatic heterocycles. The Labute approximate surface area is 116 Å². The summed E-state index contributed by atoms with van der Waals surface area (Å²) in [5.41, 5.74) is 2.06. The second kappa shape index (κ2) is 5.10. The van der Waals surface area contributed by atoms with Crippen LogP contribution in [0.1, 0.15) is 11.1 Å². The van der Waals surface area contributed by atoms with Crippen LogP contribution in [0.25, 0.3) is 0 Å². The molecule has 4 heteroatoms. The molecule has 0 bridgehead atoms. The minimum absolute atomic E-state index is 0.119. The molecular formula is C13H10Br2O2. The van der Waals surface area contributed by atoms with E-state index in [-0.39, 0.29) is 11.5 Å². The van der Waals surface area contributed by atoms with Crippen LogP contribution in [0.4, 0.5) is 0 Å². The monoisotopic (exact) mass is 356 g/mol. The number of phenolic OH excluding ortho intramolecular Hbond substituents is 2. The average Bonchev–Trinajstić information content (AvgIpc) is 2.35. The Morgan fingerprint density at radius 1 is 0.941 bits per heavy atom. The minimum Gasteiger partial charge on any atom is -0.504 e. The molecule has 2 N–H and O–H groups in total. The van der Waals surface area contributed by atoms with Crippen molar-refractivity contribution in [3.05, 3.63) is 56.5 Å². The molecule has 0 aromatic heterocycles. The van der Waals surface area contributed by atoms with Crippen molar-refractivity contribution < 1.29 is 10.2 Å². The van der Waals surface area contributed by atoms with Gasteiger partial charge in [-0.1, -0.05) is 30.3 Å². The first-order valence-corrected chi connectivity index (χ1v) is 6.61. The van der Waals surface area contributed by atoms with Gasteiger partial charge in [-0.25, -0.2) is 0 Å². The lowest BCUT2D eigenvalue weighted by Crippen LogP contribution is -1.90. The number of aromatic hydroxyl groups is 2. The van der Waals surface area contributed by atoms with Gasteiger partial charge >= 0.3 is 0 Å². The third-order valence-electron chi connectivity index (χ3n) is 2.47. The summed E-state index contributed by atoms with van der Waals surface area (Å²) in [4.78, 5) is 0. The second-order valence-electron chi connectivity index (χ2n) is 3.69. The second-order valence-corrected chi connectivity index (χ2v) is 5.28. The molecule has 0 unspecified atom stereocenters. The summed E-state index contributed by atoms with van der Waals surface area (Å²) >= 11 is 6.64. The molecule has 0 heterocycles. The molecule has 0 spiro atoms. The number of hydrogen-bond donors (Lipinski definition) is 2. The fourth-order valence-corrected chi connectivity index (χ4v) is 2.50. The maximum Gasteiger partial charge on any atom is 0.173 e. The van der Waals surface area contributed by atoms with Crippen LogP contribution in [0.15, 0.2) is 45.3 Å². The zero-order valence-electron chi connectivity index (χ0n) is 8.82. The third kappa shape index (κ3) is 2.64. The first-order valence-electron chi connectivity index (χ1n) is 5.02. The van der Waals surface area contributed by atoms with Crippen LogP contribution in [0, 0.1) is 0 Å². The van der Waals surface area contributed by atoms with Crippen LogP contribution < -0.4 is 0 Å². The Balaban J connectivity index is 2.41. The van der Waals surface area contributed by atoms with E-state index >= 15 is 0 Å². The van der Waals surface area contributed by atoms with Gasteiger partial charge in [0.15, 0.2) is 11.5 Å². The van der Waals surface area contributed by atoms with Crippen molar-refractivity contribution >= 4 is 31.9 Å². The number of benzene rings is 2. The summed E-state index contributed by atoms with van der Waals surface area (Å²) < 4.78 is 1.24. The maximum atomic E-state index is 9.58. The SMILES string of the molecule is Oc1cc(Cc2ccccc2)c(Br)c(Br)c1O. The Morgan fingerprint density at radius 3 is 2.24 bits per heavy atom. The van der Waals surface area contributed by atoms with E-state index in [2.05, 4.69) is 31.9 Å². The van der Waals surface area contributed by atoms with Crippen LogP contribution in [-0.2, 0) is 6.42 Å². The predicted molar refractivity (Wildman–Crippen MR) is 74.4 cm³/mol. The lowest BCUT2D eigenvalue weighted by atomic mass is 10.0. The smallest absolute Gasteiger partial charge is 0.173 e. The fourth-order valence-electron chi connectivity index (χ4n) is 1.60. The van der Waals surface area contributed by atoms with Gasteiger partial charge in [0.1, 0.15) is 0 Å². The normalized spacial score (nSPS) is 10.5. The maximum absolute atomic E-state index is 9.58. The van der Waals surface area contributed by atoms with Crippen LogP contribution in [0.3, 0.4) is 0 Å². The van der Waals surface area contributed by atoms with Crippen LogP contribution >= 0.6 is 31.9 Å². The number of phenols is 2. The molecule has 2 aromatic carbocycles. The van der Waals surface area contributed by atoms with E-state index in [1.165, 1.54) is 0 Å². The van der Waals surface area contributed by atoms with E-state index in [1.807, 2.05) is 30.3 Å². The number of hydrogen-bond acceptors (Lipinski definition) is 2. The van der Waals surface area contributed by atoms with Gasteiger partial charge in [0.05, 0.1) is 4.47 Å². The first kappa shape index (κ1) is 12.5. The minimum atomic E-state index is -0.145. The molecule has 17 heavy (non-hydrogen) atoms. The van der Waals surface area contributed by atoms with E-state index in [9.17, 15) is 10.2 Å². The van der Waals surface area contributed by atoms with Crippen molar-refractivity contribution in [2.24, 2.45) is 0 Å². The van der Waals surface area contributed by atoms with Gasteiger partial charge in [-0.2, -0.15) is 0 Å². The van der Waals surface area contributed by atoms with Crippen LogP contribution in [0.2, 0.25) is 0 Å². The molecule has 0 radical (unpaired) electrons. The molecule has 0 aliphatic rings. The Bertz CT molecular complexity index is 539. The van der Waals surface area contributed by atoms with Gasteiger partial charge in [0, 0.05) is 4.47 Å². The van der Waals surface area contributed by atoms with E-state index in [0.717, 1.165) is 15.6 Å². The zero-order valence-corrected chi connectivity index (χ0v) is 12.0. The highest BCUT2D eigenvalue weighted by molar-refractivity contribution is 9.13. The molecule has 0 saturated heterocycles. The largest absolute Gasteiger partial charge is 0.504 e. The van der Waals surface area contributed by atoms with Gasteiger partial charge in [-0.05, 0) is 55.5 Å². The highest BCUT2D eigenvalue weighted by atomic mass is 79.9. The standard InChI is InChI=1S/C13H10Br2O2/c14-11-9(6-8-4-2-1-3-5-8)7-10(16)13(17)12(11)15/h1-5,7,16-17H,6H2. The van der Waals surface area contributed by atoms with Gasteiger partial charge < -0.3 is 10.2 Å². The summed E-state index contributed by atoms with van der Waals surface area (Å²) in [6, 6.07) is 11.5. The molecule has 0 saturated carbocycles. The summed E-state index contributed by atoms with van der Waals surface area (Å²) in [7, 11) is 0. The third-order valence-corrected chi connectivity index (χ3v) is 4.68. The first-order chi connectivity index (χ1) is 8.09. The molecule has 2 nitrogen and oxygen atoms in total. The van der Waals surface area contributed by atoms with E-state index in [4.69, 9.17) is 0 Å². The molecule has 2 rings (SSSR count). The van der Waals surface area contributed by atoms with Crippen molar-refractivity contribution in [1.29, 1.82) is 0 Å². The van der Waals surface area contributed by atoms with Crippen LogP contribution in [-0.4, -0.2) is 10.2 Å². The van der Waals surface area contributed by atoms with Gasteiger partial charge in [-0.15, -0.1) is 0 Å². The molecule has 88 valence electrons. The van der Waals surface area contributed by atoms with Crippen molar-refractivity contribution in [3.8, 4) is 11.5 Å². The Morgan fingerprint density at radius 2 is 1.59 bits per heavy atom. The summed E-state index contributed by atoms with van der Waals surface area (Å²) in [5.74, 6) is -0.264. The fraction of sp³-hybridized carbons (Fsp3) is 0.0769. The van der Waals surface area contributed by atoms with Crippen molar-refractivity contribution in [2.45, 2.75) is 6.42 Å². The molecular weight excluding hydrogens is 348 g/mol. The van der Waals surface area contributed by atoms with E-state index < -0.39 is 0 Å². The van der Waals surface area contributed by atoms with Crippen molar-refractivity contribution in [3.63, 3.8) is 0 Å². The van der Waals surface area contributed by atoms with E-state index in [0.29, 0.717) is 10.9 Å².